The molecule has 1 aliphatic heterocycles. The highest BCUT2D eigenvalue weighted by molar-refractivity contribution is 6.30. The van der Waals surface area contributed by atoms with E-state index in [1.54, 1.807) is 13.2 Å². The van der Waals surface area contributed by atoms with Crippen molar-refractivity contribution in [1.29, 1.82) is 0 Å². The Morgan fingerprint density at radius 1 is 1.16 bits per heavy atom. The molecular weight excluding hydrogens is 418 g/mol. The van der Waals surface area contributed by atoms with Gasteiger partial charge in [0.1, 0.15) is 10.9 Å². The second-order valence-electron chi connectivity index (χ2n) is 7.19. The first-order valence-electron chi connectivity index (χ1n) is 9.77. The molecule has 8 heteroatoms. The number of fused-ring (bicyclic) bond motifs is 1. The average Bonchev–Trinajstić information content (AvgIpc) is 3.22. The predicted octanol–water partition coefficient (Wildman–Crippen LogP) is 4.44. The maximum atomic E-state index is 12.8. The van der Waals surface area contributed by atoms with Gasteiger partial charge in [0.05, 0.1) is 30.8 Å². The maximum absolute atomic E-state index is 12.8. The van der Waals surface area contributed by atoms with E-state index in [4.69, 9.17) is 21.4 Å². The Bertz CT molecular complexity index is 1180. The first-order chi connectivity index (χ1) is 15.0. The van der Waals surface area contributed by atoms with Crippen LogP contribution in [0.2, 0.25) is 5.15 Å². The van der Waals surface area contributed by atoms with E-state index < -0.39 is 12.0 Å². The van der Waals surface area contributed by atoms with Gasteiger partial charge in [0.15, 0.2) is 0 Å². The smallest absolute Gasteiger partial charge is 0.303 e. The first-order valence-corrected chi connectivity index (χ1v) is 10.1. The Hall–Kier alpha value is -3.45. The van der Waals surface area contributed by atoms with Crippen LogP contribution < -0.4 is 4.74 Å². The van der Waals surface area contributed by atoms with E-state index in [2.05, 4.69) is 10.1 Å². The van der Waals surface area contributed by atoms with Crippen LogP contribution >= 0.6 is 11.6 Å². The van der Waals surface area contributed by atoms with Gasteiger partial charge >= 0.3 is 5.97 Å². The standard InChI is InChI=1S/C23H20ClN3O4/c1-31-16-8-7-15-11-17(23(24)25-18(15)12-16)20-13-19(14-5-3-2-4-6-14)26-27(20)21(28)9-10-22(29)30/h2-8,11-12,20H,9-10,13H2,1H3,(H,29,30)/t20-/m1/s1. The minimum atomic E-state index is -1.03. The van der Waals surface area contributed by atoms with Gasteiger partial charge in [-0.2, -0.15) is 5.10 Å². The van der Waals surface area contributed by atoms with E-state index in [1.807, 2.05) is 48.5 Å². The second-order valence-corrected chi connectivity index (χ2v) is 7.55. The van der Waals surface area contributed by atoms with Crippen molar-refractivity contribution in [2.75, 3.05) is 7.11 Å². The van der Waals surface area contributed by atoms with Gasteiger partial charge in [-0.25, -0.2) is 9.99 Å². The van der Waals surface area contributed by atoms with Crippen molar-refractivity contribution in [2.45, 2.75) is 25.3 Å². The van der Waals surface area contributed by atoms with Crippen molar-refractivity contribution in [2.24, 2.45) is 5.10 Å². The Morgan fingerprint density at radius 3 is 2.65 bits per heavy atom. The number of carboxylic acids is 1. The number of aromatic nitrogens is 1. The summed E-state index contributed by atoms with van der Waals surface area (Å²) in [5, 5.41) is 16.0. The third kappa shape index (κ3) is 4.36. The van der Waals surface area contributed by atoms with E-state index >= 15 is 0 Å². The number of hydrogen-bond donors (Lipinski definition) is 1. The summed E-state index contributed by atoms with van der Waals surface area (Å²) in [5.74, 6) is -0.732. The molecule has 0 saturated carbocycles. The van der Waals surface area contributed by atoms with Crippen molar-refractivity contribution in [3.63, 3.8) is 0 Å². The van der Waals surface area contributed by atoms with Gasteiger partial charge in [-0.15, -0.1) is 0 Å². The molecule has 1 atom stereocenters. The van der Waals surface area contributed by atoms with Crippen LogP contribution in [0.15, 0.2) is 59.7 Å². The van der Waals surface area contributed by atoms with Crippen molar-refractivity contribution in [3.05, 3.63) is 70.9 Å². The number of rotatable bonds is 6. The van der Waals surface area contributed by atoms with Crippen molar-refractivity contribution in [3.8, 4) is 5.75 Å². The summed E-state index contributed by atoms with van der Waals surface area (Å²) in [5.41, 5.74) is 2.98. The van der Waals surface area contributed by atoms with Gasteiger partial charge in [-0.1, -0.05) is 41.9 Å². The number of hydrogen-bond acceptors (Lipinski definition) is 5. The number of nitrogens with zero attached hydrogens (tertiary/aromatic N) is 3. The number of carbonyl (C=O) groups excluding carboxylic acids is 1. The lowest BCUT2D eigenvalue weighted by atomic mass is 9.98. The fraction of sp³-hybridized carbons (Fsp3) is 0.217. The summed E-state index contributed by atoms with van der Waals surface area (Å²) in [4.78, 5) is 28.3. The lowest BCUT2D eigenvalue weighted by Gasteiger charge is -2.23. The molecule has 1 aromatic heterocycles. The second kappa shape index (κ2) is 8.73. The van der Waals surface area contributed by atoms with Crippen molar-refractivity contribution < 1.29 is 19.4 Å². The topological polar surface area (TPSA) is 92.1 Å². The van der Waals surface area contributed by atoms with Crippen LogP contribution in [0.5, 0.6) is 5.75 Å². The highest BCUT2D eigenvalue weighted by atomic mass is 35.5. The van der Waals surface area contributed by atoms with E-state index in [0.717, 1.165) is 16.7 Å². The van der Waals surface area contributed by atoms with E-state index in [0.29, 0.717) is 23.3 Å². The molecule has 0 unspecified atom stereocenters. The van der Waals surface area contributed by atoms with Gasteiger partial charge in [-0.05, 0) is 23.8 Å². The van der Waals surface area contributed by atoms with Crippen LogP contribution in [0.3, 0.4) is 0 Å². The highest BCUT2D eigenvalue weighted by Crippen LogP contribution is 2.38. The van der Waals surface area contributed by atoms with Gasteiger partial charge in [0.2, 0.25) is 5.91 Å². The number of benzene rings is 2. The molecule has 0 bridgehead atoms. The molecule has 0 saturated heterocycles. The number of ether oxygens (including phenoxy) is 1. The molecule has 0 radical (unpaired) electrons. The molecule has 0 aliphatic carbocycles. The molecule has 1 amide bonds. The quantitative estimate of drug-likeness (QED) is 0.575. The lowest BCUT2D eigenvalue weighted by molar-refractivity contribution is -0.141. The van der Waals surface area contributed by atoms with E-state index in [9.17, 15) is 9.59 Å². The average molecular weight is 438 g/mol. The lowest BCUT2D eigenvalue weighted by Crippen LogP contribution is -2.27. The minimum absolute atomic E-state index is 0.146. The highest BCUT2D eigenvalue weighted by Gasteiger charge is 2.34. The predicted molar refractivity (Wildman–Crippen MR) is 117 cm³/mol. The summed E-state index contributed by atoms with van der Waals surface area (Å²) in [6.07, 6.45) is 0.0425. The van der Waals surface area contributed by atoms with E-state index in [1.165, 1.54) is 5.01 Å². The number of hydrazone groups is 1. The molecule has 0 spiro atoms. The SMILES string of the molecule is COc1ccc2cc([C@H]3CC(c4ccccc4)=NN3C(=O)CCC(=O)O)c(Cl)nc2c1. The molecule has 3 aromatic rings. The van der Waals surface area contributed by atoms with Crippen LogP contribution in [0.4, 0.5) is 0 Å². The molecular formula is C23H20ClN3O4. The Labute approximate surface area is 183 Å². The van der Waals surface area contributed by atoms with Gasteiger partial charge < -0.3 is 9.84 Å². The molecule has 2 aromatic carbocycles. The zero-order valence-electron chi connectivity index (χ0n) is 16.8. The molecule has 0 fully saturated rings. The molecule has 2 heterocycles. The van der Waals surface area contributed by atoms with Crippen molar-refractivity contribution in [1.82, 2.24) is 9.99 Å². The van der Waals surface area contributed by atoms with Crippen LogP contribution in [-0.2, 0) is 9.59 Å². The normalized spacial score (nSPS) is 15.7. The van der Waals surface area contributed by atoms with Gasteiger partial charge in [-0.3, -0.25) is 9.59 Å². The largest absolute Gasteiger partial charge is 0.497 e. The fourth-order valence-corrected chi connectivity index (χ4v) is 3.89. The fourth-order valence-electron chi connectivity index (χ4n) is 3.62. The number of methoxy groups -OCH3 is 1. The summed E-state index contributed by atoms with van der Waals surface area (Å²) >= 11 is 6.54. The van der Waals surface area contributed by atoms with Crippen LogP contribution in [0.25, 0.3) is 10.9 Å². The third-order valence-electron chi connectivity index (χ3n) is 5.19. The Kier molecular flexibility index (Phi) is 5.86. The molecule has 1 N–H and O–H groups in total. The zero-order valence-corrected chi connectivity index (χ0v) is 17.5. The number of halogens is 1. The Balaban J connectivity index is 1.73. The van der Waals surface area contributed by atoms with Crippen LogP contribution in [0.1, 0.15) is 36.4 Å². The summed E-state index contributed by atoms with van der Waals surface area (Å²) in [7, 11) is 1.58. The molecule has 1 aliphatic rings. The minimum Gasteiger partial charge on any atom is -0.497 e. The number of pyridine rings is 1. The van der Waals surface area contributed by atoms with Crippen molar-refractivity contribution >= 4 is 40.1 Å². The van der Waals surface area contributed by atoms with Gasteiger partial charge in [0.25, 0.3) is 0 Å². The summed E-state index contributed by atoms with van der Waals surface area (Å²) < 4.78 is 5.25. The first kappa shape index (κ1) is 20.8. The zero-order chi connectivity index (χ0) is 22.0. The number of carboxylic acid groups (broad SMARTS) is 1. The Morgan fingerprint density at radius 2 is 1.94 bits per heavy atom. The number of carbonyl (C=O) groups is 2. The number of aliphatic carboxylic acids is 1. The summed E-state index contributed by atoms with van der Waals surface area (Å²) in [6, 6.07) is 16.5. The molecule has 31 heavy (non-hydrogen) atoms. The maximum Gasteiger partial charge on any atom is 0.303 e. The number of amides is 1. The van der Waals surface area contributed by atoms with Crippen LogP contribution in [-0.4, -0.2) is 39.8 Å². The molecule has 4 rings (SSSR count). The van der Waals surface area contributed by atoms with Crippen LogP contribution in [0, 0.1) is 0 Å². The molecule has 158 valence electrons. The monoisotopic (exact) mass is 437 g/mol. The van der Waals surface area contributed by atoms with Gasteiger partial charge in [0, 0.05) is 29.9 Å². The third-order valence-corrected chi connectivity index (χ3v) is 5.49. The van der Waals surface area contributed by atoms with E-state index in [-0.39, 0.29) is 23.9 Å². The summed E-state index contributed by atoms with van der Waals surface area (Å²) in [6.45, 7) is 0. The molecule has 7 nitrogen and oxygen atoms in total.